The van der Waals surface area contributed by atoms with Crippen LogP contribution in [0.1, 0.15) is 36.0 Å². The van der Waals surface area contributed by atoms with Crippen LogP contribution in [0.25, 0.3) is 0 Å². The third-order valence-corrected chi connectivity index (χ3v) is 5.11. The maximum Gasteiger partial charge on any atom is 0.337 e. The lowest BCUT2D eigenvalue weighted by molar-refractivity contribution is -0.0925. The first-order valence-corrected chi connectivity index (χ1v) is 7.69. The molecule has 1 saturated heterocycles. The molecular formula is C15H19ClN2O3. The molecule has 114 valence electrons. The van der Waals surface area contributed by atoms with E-state index in [2.05, 4.69) is 10.3 Å². The zero-order chi connectivity index (χ0) is 14.9. The van der Waals surface area contributed by atoms with Crippen LogP contribution in [0.4, 0.5) is 5.82 Å². The molecule has 0 bridgehead atoms. The summed E-state index contributed by atoms with van der Waals surface area (Å²) in [6.45, 7) is 2.48. The van der Waals surface area contributed by atoms with E-state index in [1.165, 1.54) is 31.5 Å². The molecule has 2 aliphatic rings. The van der Waals surface area contributed by atoms with Gasteiger partial charge >= 0.3 is 5.97 Å². The topological polar surface area (TPSA) is 71.5 Å². The van der Waals surface area contributed by atoms with Gasteiger partial charge in [-0.1, -0.05) is 18.0 Å². The fourth-order valence-electron chi connectivity index (χ4n) is 3.33. The number of nitrogens with zero attached hydrogens (tertiary/aromatic N) is 1. The molecule has 0 radical (unpaired) electrons. The van der Waals surface area contributed by atoms with Gasteiger partial charge in [0.25, 0.3) is 0 Å². The summed E-state index contributed by atoms with van der Waals surface area (Å²) < 4.78 is 5.64. The third-order valence-electron chi connectivity index (χ3n) is 4.82. The van der Waals surface area contributed by atoms with Crippen LogP contribution in [0, 0.1) is 11.3 Å². The molecule has 2 heterocycles. The number of rotatable bonds is 4. The number of hydrogen-bond donors (Lipinski definition) is 2. The first kappa shape index (κ1) is 14.6. The average Bonchev–Trinajstić information content (AvgIpc) is 2.44. The minimum atomic E-state index is -1.02. The molecule has 1 aliphatic carbocycles. The van der Waals surface area contributed by atoms with E-state index in [0.717, 1.165) is 26.2 Å². The monoisotopic (exact) mass is 310 g/mol. The minimum Gasteiger partial charge on any atom is -0.478 e. The Balaban J connectivity index is 1.65. The largest absolute Gasteiger partial charge is 0.478 e. The quantitative estimate of drug-likeness (QED) is 0.894. The van der Waals surface area contributed by atoms with Gasteiger partial charge in [-0.05, 0) is 36.7 Å². The summed E-state index contributed by atoms with van der Waals surface area (Å²) in [5.74, 6) is 0.105. The molecule has 2 N–H and O–H groups in total. The highest BCUT2D eigenvalue weighted by Crippen LogP contribution is 2.50. The Morgan fingerprint density at radius 1 is 1.57 bits per heavy atom. The molecule has 0 amide bonds. The van der Waals surface area contributed by atoms with Gasteiger partial charge in [0.15, 0.2) is 0 Å². The van der Waals surface area contributed by atoms with Crippen LogP contribution in [0.2, 0.25) is 5.02 Å². The molecule has 2 fully saturated rings. The van der Waals surface area contributed by atoms with Crippen molar-refractivity contribution in [3.63, 3.8) is 0 Å². The van der Waals surface area contributed by atoms with Gasteiger partial charge in [0.2, 0.25) is 0 Å². The second-order valence-corrected chi connectivity index (χ2v) is 6.40. The second kappa shape index (κ2) is 5.81. The van der Waals surface area contributed by atoms with Crippen molar-refractivity contribution in [2.24, 2.45) is 11.3 Å². The summed E-state index contributed by atoms with van der Waals surface area (Å²) in [4.78, 5) is 15.0. The summed E-state index contributed by atoms with van der Waals surface area (Å²) in [6.07, 6.45) is 6.14. The fourth-order valence-corrected chi connectivity index (χ4v) is 3.57. The molecule has 1 aliphatic heterocycles. The number of nitrogens with one attached hydrogen (secondary N) is 1. The SMILES string of the molecule is O=C(O)c1cnc(NCC2CCOCC23CCC3)c(Cl)c1. The van der Waals surface area contributed by atoms with Crippen molar-refractivity contribution in [2.45, 2.75) is 25.7 Å². The number of aromatic nitrogens is 1. The van der Waals surface area contributed by atoms with Gasteiger partial charge in [-0.15, -0.1) is 0 Å². The van der Waals surface area contributed by atoms with Crippen molar-refractivity contribution in [1.82, 2.24) is 4.98 Å². The smallest absolute Gasteiger partial charge is 0.337 e. The molecule has 21 heavy (non-hydrogen) atoms. The first-order valence-electron chi connectivity index (χ1n) is 7.31. The van der Waals surface area contributed by atoms with Gasteiger partial charge in [0.05, 0.1) is 17.2 Å². The van der Waals surface area contributed by atoms with Crippen molar-refractivity contribution in [1.29, 1.82) is 0 Å². The van der Waals surface area contributed by atoms with Gasteiger partial charge < -0.3 is 15.2 Å². The standard InChI is InChI=1S/C15H19ClN2O3/c16-12-6-10(14(19)20)7-17-13(12)18-8-11-2-5-21-9-15(11)3-1-4-15/h6-7,11H,1-5,8-9H2,(H,17,18)(H,19,20). The second-order valence-electron chi connectivity index (χ2n) is 5.99. The van der Waals surface area contributed by atoms with Crippen LogP contribution < -0.4 is 5.32 Å². The Bertz CT molecular complexity index is 546. The Labute approximate surface area is 128 Å². The van der Waals surface area contributed by atoms with E-state index in [-0.39, 0.29) is 5.56 Å². The van der Waals surface area contributed by atoms with Crippen molar-refractivity contribution in [2.75, 3.05) is 25.1 Å². The molecule has 0 aromatic carbocycles. The molecule has 1 unspecified atom stereocenters. The van der Waals surface area contributed by atoms with E-state index in [9.17, 15) is 4.79 Å². The zero-order valence-electron chi connectivity index (χ0n) is 11.8. The number of carboxylic acids is 1. The predicted molar refractivity (Wildman–Crippen MR) is 79.9 cm³/mol. The lowest BCUT2D eigenvalue weighted by Crippen LogP contribution is -2.47. The molecule has 3 rings (SSSR count). The summed E-state index contributed by atoms with van der Waals surface area (Å²) in [5.41, 5.74) is 0.436. The van der Waals surface area contributed by atoms with Gasteiger partial charge in [-0.2, -0.15) is 0 Å². The number of hydrogen-bond acceptors (Lipinski definition) is 4. The number of ether oxygens (including phenoxy) is 1. The maximum atomic E-state index is 10.9. The van der Waals surface area contributed by atoms with E-state index in [4.69, 9.17) is 21.4 Å². The fraction of sp³-hybridized carbons (Fsp3) is 0.600. The van der Waals surface area contributed by atoms with Crippen molar-refractivity contribution in [3.05, 3.63) is 22.8 Å². The van der Waals surface area contributed by atoms with E-state index in [0.29, 0.717) is 22.2 Å². The van der Waals surface area contributed by atoms with Crippen molar-refractivity contribution < 1.29 is 14.6 Å². The molecule has 1 spiro atoms. The van der Waals surface area contributed by atoms with Gasteiger partial charge in [0.1, 0.15) is 5.82 Å². The molecule has 6 heteroatoms. The number of halogens is 1. The molecule has 5 nitrogen and oxygen atoms in total. The Morgan fingerprint density at radius 3 is 3.00 bits per heavy atom. The highest BCUT2D eigenvalue weighted by Gasteiger charge is 2.45. The van der Waals surface area contributed by atoms with Gasteiger partial charge in [-0.3, -0.25) is 0 Å². The first-order chi connectivity index (χ1) is 10.1. The van der Waals surface area contributed by atoms with Crippen LogP contribution in [0.15, 0.2) is 12.3 Å². The highest BCUT2D eigenvalue weighted by molar-refractivity contribution is 6.33. The molecule has 1 saturated carbocycles. The average molecular weight is 311 g/mol. The van der Waals surface area contributed by atoms with Crippen molar-refractivity contribution >= 4 is 23.4 Å². The normalized spacial score (nSPS) is 23.6. The Kier molecular flexibility index (Phi) is 4.04. The van der Waals surface area contributed by atoms with Crippen LogP contribution >= 0.6 is 11.6 Å². The lowest BCUT2D eigenvalue weighted by atomic mass is 9.60. The molecule has 1 aromatic heterocycles. The van der Waals surface area contributed by atoms with Crippen LogP contribution in [0.5, 0.6) is 0 Å². The van der Waals surface area contributed by atoms with Crippen LogP contribution in [0.3, 0.4) is 0 Å². The summed E-state index contributed by atoms with van der Waals surface area (Å²) >= 11 is 6.10. The van der Waals surface area contributed by atoms with Gasteiger partial charge in [-0.25, -0.2) is 9.78 Å². The number of anilines is 1. The van der Waals surface area contributed by atoms with Crippen molar-refractivity contribution in [3.8, 4) is 0 Å². The van der Waals surface area contributed by atoms with E-state index in [1.54, 1.807) is 0 Å². The van der Waals surface area contributed by atoms with Crippen LogP contribution in [-0.2, 0) is 4.74 Å². The number of pyridine rings is 1. The Hall–Kier alpha value is -1.33. The minimum absolute atomic E-state index is 0.104. The number of carboxylic acid groups (broad SMARTS) is 1. The highest BCUT2D eigenvalue weighted by atomic mass is 35.5. The Morgan fingerprint density at radius 2 is 2.38 bits per heavy atom. The van der Waals surface area contributed by atoms with E-state index in [1.807, 2.05) is 0 Å². The van der Waals surface area contributed by atoms with E-state index < -0.39 is 5.97 Å². The van der Waals surface area contributed by atoms with E-state index >= 15 is 0 Å². The summed E-state index contributed by atoms with van der Waals surface area (Å²) in [5, 5.41) is 12.5. The number of aromatic carboxylic acids is 1. The summed E-state index contributed by atoms with van der Waals surface area (Å²) in [7, 11) is 0. The van der Waals surface area contributed by atoms with Gasteiger partial charge in [0, 0.05) is 19.3 Å². The number of carbonyl (C=O) groups is 1. The molecule has 1 aromatic rings. The molecule has 1 atom stereocenters. The third kappa shape index (κ3) is 2.85. The lowest BCUT2D eigenvalue weighted by Gasteiger charge is -2.50. The summed E-state index contributed by atoms with van der Waals surface area (Å²) in [6, 6.07) is 1.43. The van der Waals surface area contributed by atoms with Crippen LogP contribution in [-0.4, -0.2) is 35.8 Å². The maximum absolute atomic E-state index is 10.9. The predicted octanol–water partition coefficient (Wildman–Crippen LogP) is 3.05. The zero-order valence-corrected chi connectivity index (χ0v) is 12.5. The molecular weight excluding hydrogens is 292 g/mol.